The van der Waals surface area contributed by atoms with Crippen molar-refractivity contribution in [2.45, 2.75) is 57.5 Å². The third kappa shape index (κ3) is 4.84. The highest BCUT2D eigenvalue weighted by Gasteiger charge is 2.33. The first-order valence-corrected chi connectivity index (χ1v) is 9.74. The first-order chi connectivity index (χ1) is 13.0. The van der Waals surface area contributed by atoms with Crippen LogP contribution in [-0.4, -0.2) is 19.3 Å². The molecule has 1 heterocycles. The topological polar surface area (TPSA) is 18.5 Å². The van der Waals surface area contributed by atoms with Crippen molar-refractivity contribution < 1.29 is 27.0 Å². The van der Waals surface area contributed by atoms with Gasteiger partial charge in [0, 0.05) is 6.08 Å². The van der Waals surface area contributed by atoms with E-state index in [4.69, 9.17) is 9.47 Å². The molecule has 0 radical (unpaired) electrons. The first-order valence-electron chi connectivity index (χ1n) is 9.74. The highest BCUT2D eigenvalue weighted by Crippen LogP contribution is 2.42. The highest BCUT2D eigenvalue weighted by molar-refractivity contribution is 5.33. The maximum Gasteiger partial charge on any atom is 0.268 e. The molecular weight excluding hydrogens is 360 g/mol. The quantitative estimate of drug-likeness (QED) is 0.560. The van der Waals surface area contributed by atoms with Gasteiger partial charge in [0.05, 0.1) is 19.3 Å². The van der Waals surface area contributed by atoms with Crippen molar-refractivity contribution in [3.05, 3.63) is 41.5 Å². The van der Waals surface area contributed by atoms with Crippen molar-refractivity contribution in [3.63, 3.8) is 0 Å². The second-order valence-corrected chi connectivity index (χ2v) is 7.49. The number of hydrogen-bond acceptors (Lipinski definition) is 2. The van der Waals surface area contributed by atoms with E-state index in [1.807, 2.05) is 0 Å². The fraction of sp³-hybridized carbons (Fsp3) is 0.619. The van der Waals surface area contributed by atoms with Crippen LogP contribution in [0.2, 0.25) is 0 Å². The molecule has 3 rings (SSSR count). The fourth-order valence-electron chi connectivity index (χ4n) is 4.47. The Morgan fingerprint density at radius 1 is 1.04 bits per heavy atom. The maximum atomic E-state index is 14.4. The van der Waals surface area contributed by atoms with E-state index < -0.39 is 23.8 Å². The number of rotatable bonds is 5. The molecule has 2 atom stereocenters. The summed E-state index contributed by atoms with van der Waals surface area (Å²) >= 11 is 0. The van der Waals surface area contributed by atoms with Gasteiger partial charge in [0.1, 0.15) is 0 Å². The molecule has 1 aliphatic carbocycles. The molecule has 1 aromatic carbocycles. The van der Waals surface area contributed by atoms with Crippen LogP contribution < -0.4 is 4.74 Å². The number of benzene rings is 1. The molecule has 1 aliphatic heterocycles. The Kier molecular flexibility index (Phi) is 6.79. The van der Waals surface area contributed by atoms with Crippen LogP contribution in [0.3, 0.4) is 0 Å². The van der Waals surface area contributed by atoms with Gasteiger partial charge in [-0.25, -0.2) is 4.39 Å². The van der Waals surface area contributed by atoms with E-state index >= 15 is 0 Å². The van der Waals surface area contributed by atoms with Crippen LogP contribution in [0.15, 0.2) is 24.3 Å². The van der Waals surface area contributed by atoms with Crippen molar-refractivity contribution in [2.75, 3.05) is 13.2 Å². The van der Waals surface area contributed by atoms with Gasteiger partial charge in [0.25, 0.3) is 6.08 Å². The van der Waals surface area contributed by atoms with Crippen molar-refractivity contribution in [2.24, 2.45) is 11.8 Å². The molecule has 27 heavy (non-hydrogen) atoms. The average molecular weight is 386 g/mol. The van der Waals surface area contributed by atoms with Gasteiger partial charge in [-0.1, -0.05) is 6.07 Å². The Labute approximate surface area is 157 Å². The molecule has 0 N–H and O–H groups in total. The Morgan fingerprint density at radius 3 is 2.33 bits per heavy atom. The van der Waals surface area contributed by atoms with E-state index in [0.717, 1.165) is 38.2 Å². The first kappa shape index (κ1) is 20.2. The summed E-state index contributed by atoms with van der Waals surface area (Å²) < 4.78 is 63.9. The van der Waals surface area contributed by atoms with E-state index in [1.54, 1.807) is 13.0 Å². The van der Waals surface area contributed by atoms with Gasteiger partial charge in [-0.15, -0.1) is 0 Å². The molecule has 0 spiro atoms. The van der Waals surface area contributed by atoms with Crippen LogP contribution in [0, 0.1) is 23.5 Å². The zero-order valence-electron chi connectivity index (χ0n) is 15.5. The smallest absolute Gasteiger partial charge is 0.268 e. The minimum Gasteiger partial charge on any atom is -0.491 e. The van der Waals surface area contributed by atoms with Gasteiger partial charge in [0.15, 0.2) is 11.6 Å². The third-order valence-electron chi connectivity index (χ3n) is 5.91. The normalized spacial score (nSPS) is 28.6. The largest absolute Gasteiger partial charge is 0.491 e. The van der Waals surface area contributed by atoms with Crippen molar-refractivity contribution in [1.29, 1.82) is 0 Å². The molecule has 1 saturated heterocycles. The van der Waals surface area contributed by atoms with Crippen LogP contribution in [-0.2, 0) is 4.74 Å². The van der Waals surface area contributed by atoms with Crippen LogP contribution in [0.1, 0.15) is 56.9 Å². The van der Waals surface area contributed by atoms with E-state index in [2.05, 4.69) is 0 Å². The Hall–Kier alpha value is -1.56. The van der Waals surface area contributed by atoms with Crippen LogP contribution in [0.5, 0.6) is 5.75 Å². The summed E-state index contributed by atoms with van der Waals surface area (Å²) in [6.45, 7) is 2.52. The summed E-state index contributed by atoms with van der Waals surface area (Å²) in [7, 11) is 0. The van der Waals surface area contributed by atoms with Crippen molar-refractivity contribution >= 4 is 0 Å². The van der Waals surface area contributed by atoms with Gasteiger partial charge in [-0.2, -0.15) is 13.2 Å². The number of halogens is 4. The zero-order valence-corrected chi connectivity index (χ0v) is 15.5. The van der Waals surface area contributed by atoms with E-state index in [1.165, 1.54) is 6.07 Å². The zero-order chi connectivity index (χ0) is 19.4. The third-order valence-corrected chi connectivity index (χ3v) is 5.91. The molecule has 6 heteroatoms. The highest BCUT2D eigenvalue weighted by atomic mass is 19.3. The molecule has 0 aromatic heterocycles. The standard InChI is InChI=1S/C21H26F4O2/c1-2-26-18-10-9-17(20(24)21(18)25)14-5-3-13(4-6-14)15-7-8-16(27-12-15)11-19(22)23/h9-11,13-16H,2-8,12H2,1H3/t13?,14?,15-,16?/m1/s1. The lowest BCUT2D eigenvalue weighted by Crippen LogP contribution is -2.31. The lowest BCUT2D eigenvalue weighted by molar-refractivity contribution is -0.0164. The van der Waals surface area contributed by atoms with Gasteiger partial charge >= 0.3 is 0 Å². The molecular formula is C21H26F4O2. The minimum absolute atomic E-state index is 0.00671. The summed E-state index contributed by atoms with van der Waals surface area (Å²) in [6.07, 6.45) is 3.64. The lowest BCUT2D eigenvalue weighted by atomic mass is 9.72. The molecule has 2 fully saturated rings. The molecule has 0 bridgehead atoms. The maximum absolute atomic E-state index is 14.4. The lowest BCUT2D eigenvalue weighted by Gasteiger charge is -2.37. The molecule has 2 aliphatic rings. The van der Waals surface area contributed by atoms with E-state index in [0.29, 0.717) is 37.0 Å². The van der Waals surface area contributed by atoms with Crippen molar-refractivity contribution in [3.8, 4) is 5.75 Å². The minimum atomic E-state index is -1.69. The second-order valence-electron chi connectivity index (χ2n) is 7.49. The Bertz CT molecular complexity index is 656. The SMILES string of the molecule is CCOc1ccc(C2CCC([C@@H]3CCC(C=C(F)F)OC3)CC2)c(F)c1F. The van der Waals surface area contributed by atoms with Crippen LogP contribution >= 0.6 is 0 Å². The molecule has 2 nitrogen and oxygen atoms in total. The van der Waals surface area contributed by atoms with Gasteiger partial charge in [-0.05, 0) is 74.8 Å². The van der Waals surface area contributed by atoms with Gasteiger partial charge < -0.3 is 9.47 Å². The summed E-state index contributed by atoms with van der Waals surface area (Å²) in [5, 5.41) is 0. The van der Waals surface area contributed by atoms with E-state index in [9.17, 15) is 17.6 Å². The fourth-order valence-corrected chi connectivity index (χ4v) is 4.47. The number of hydrogen-bond donors (Lipinski definition) is 0. The molecule has 150 valence electrons. The summed E-state index contributed by atoms with van der Waals surface area (Å²) in [6, 6.07) is 3.15. The Morgan fingerprint density at radius 2 is 1.74 bits per heavy atom. The summed E-state index contributed by atoms with van der Waals surface area (Å²) in [5.74, 6) is -0.922. The second kappa shape index (κ2) is 9.09. The average Bonchev–Trinajstić information content (AvgIpc) is 2.66. The van der Waals surface area contributed by atoms with Crippen LogP contribution in [0.25, 0.3) is 0 Å². The summed E-state index contributed by atoms with van der Waals surface area (Å²) in [5.41, 5.74) is 0.429. The Balaban J connectivity index is 1.55. The molecule has 0 amide bonds. The van der Waals surface area contributed by atoms with Gasteiger partial charge in [0.2, 0.25) is 5.82 Å². The molecule has 1 saturated carbocycles. The molecule has 1 unspecified atom stereocenters. The monoisotopic (exact) mass is 386 g/mol. The van der Waals surface area contributed by atoms with E-state index in [-0.39, 0.29) is 11.7 Å². The number of ether oxygens (including phenoxy) is 2. The molecule has 1 aromatic rings. The van der Waals surface area contributed by atoms with Crippen molar-refractivity contribution in [1.82, 2.24) is 0 Å². The predicted molar refractivity (Wildman–Crippen MR) is 95.0 cm³/mol. The summed E-state index contributed by atoms with van der Waals surface area (Å²) in [4.78, 5) is 0. The van der Waals surface area contributed by atoms with Gasteiger partial charge in [-0.3, -0.25) is 0 Å². The van der Waals surface area contributed by atoms with Crippen LogP contribution in [0.4, 0.5) is 17.6 Å². The predicted octanol–water partition coefficient (Wildman–Crippen LogP) is 6.21.